The average Bonchev–Trinajstić information content (AvgIpc) is 2.56. The van der Waals surface area contributed by atoms with Crippen LogP contribution in [0.25, 0.3) is 0 Å². The summed E-state index contributed by atoms with van der Waals surface area (Å²) in [4.78, 5) is 16.4. The molecule has 1 aliphatic carbocycles. The van der Waals surface area contributed by atoms with Crippen molar-refractivity contribution in [3.63, 3.8) is 0 Å². The van der Waals surface area contributed by atoms with Crippen LogP contribution in [0.2, 0.25) is 0 Å². The highest BCUT2D eigenvalue weighted by Gasteiger charge is 2.08. The van der Waals surface area contributed by atoms with Gasteiger partial charge in [0.1, 0.15) is 0 Å². The number of aromatic nitrogens is 1. The van der Waals surface area contributed by atoms with E-state index in [0.29, 0.717) is 18.0 Å². The van der Waals surface area contributed by atoms with Crippen molar-refractivity contribution in [3.8, 4) is 0 Å². The van der Waals surface area contributed by atoms with Gasteiger partial charge in [-0.1, -0.05) is 25.5 Å². The Morgan fingerprint density at radius 3 is 2.87 bits per heavy atom. The quantitative estimate of drug-likeness (QED) is 0.708. The molecule has 0 aliphatic heterocycles. The number of nitrogens with zero attached hydrogens (tertiary/aromatic N) is 1. The minimum Gasteiger partial charge on any atom is -0.384 e. The highest BCUT2D eigenvalue weighted by molar-refractivity contribution is 5.94. The minimum atomic E-state index is -0.0404. The van der Waals surface area contributed by atoms with Gasteiger partial charge in [0, 0.05) is 25.5 Å². The fourth-order valence-corrected chi connectivity index (χ4v) is 2.74. The van der Waals surface area contributed by atoms with Crippen LogP contribution in [0.3, 0.4) is 0 Å². The van der Waals surface area contributed by atoms with Gasteiger partial charge in [-0.05, 0) is 50.5 Å². The monoisotopic (exact) mass is 315 g/mol. The van der Waals surface area contributed by atoms with Gasteiger partial charge in [-0.2, -0.15) is 0 Å². The summed E-state index contributed by atoms with van der Waals surface area (Å²) in [5.41, 5.74) is 3.02. The van der Waals surface area contributed by atoms with E-state index >= 15 is 0 Å². The van der Waals surface area contributed by atoms with Crippen LogP contribution in [-0.2, 0) is 0 Å². The maximum atomic E-state index is 12.2. The standard InChI is InChI=1S/C19H29N3O/c1-15(2)8-10-21-18-12-17(13-20-14-18)19(23)22-11-9-16-6-4-3-5-7-16/h6,12-15,21H,3-5,7-11H2,1-2H3,(H,22,23). The summed E-state index contributed by atoms with van der Waals surface area (Å²) in [7, 11) is 0. The highest BCUT2D eigenvalue weighted by atomic mass is 16.1. The van der Waals surface area contributed by atoms with E-state index in [4.69, 9.17) is 0 Å². The van der Waals surface area contributed by atoms with Gasteiger partial charge in [-0.3, -0.25) is 9.78 Å². The molecule has 0 saturated heterocycles. The van der Waals surface area contributed by atoms with E-state index < -0.39 is 0 Å². The lowest BCUT2D eigenvalue weighted by atomic mass is 9.97. The molecule has 1 aromatic heterocycles. The summed E-state index contributed by atoms with van der Waals surface area (Å²) in [6.07, 6.45) is 12.8. The van der Waals surface area contributed by atoms with Crippen LogP contribution in [0.4, 0.5) is 5.69 Å². The van der Waals surface area contributed by atoms with Crippen molar-refractivity contribution in [2.24, 2.45) is 5.92 Å². The number of pyridine rings is 1. The van der Waals surface area contributed by atoms with Gasteiger partial charge in [-0.25, -0.2) is 0 Å². The molecule has 1 aliphatic rings. The average molecular weight is 315 g/mol. The van der Waals surface area contributed by atoms with Crippen LogP contribution in [0, 0.1) is 5.92 Å². The molecule has 1 heterocycles. The van der Waals surface area contributed by atoms with Crippen molar-refractivity contribution in [1.29, 1.82) is 0 Å². The number of carbonyl (C=O) groups excluding carboxylic acids is 1. The Morgan fingerprint density at radius 1 is 1.26 bits per heavy atom. The predicted molar refractivity (Wildman–Crippen MR) is 95.7 cm³/mol. The second kappa shape index (κ2) is 9.33. The molecule has 0 fully saturated rings. The van der Waals surface area contributed by atoms with Crippen LogP contribution in [-0.4, -0.2) is 24.0 Å². The van der Waals surface area contributed by atoms with Crippen molar-refractivity contribution in [1.82, 2.24) is 10.3 Å². The maximum Gasteiger partial charge on any atom is 0.252 e. The molecule has 0 unspecified atom stereocenters. The van der Waals surface area contributed by atoms with Crippen molar-refractivity contribution in [2.75, 3.05) is 18.4 Å². The summed E-state index contributed by atoms with van der Waals surface area (Å²) >= 11 is 0. The second-order valence-corrected chi connectivity index (χ2v) is 6.69. The molecule has 0 bridgehead atoms. The molecule has 4 nitrogen and oxygen atoms in total. The first-order chi connectivity index (χ1) is 11.1. The minimum absolute atomic E-state index is 0.0404. The topological polar surface area (TPSA) is 54.0 Å². The number of hydrogen-bond donors (Lipinski definition) is 2. The van der Waals surface area contributed by atoms with Gasteiger partial charge in [0.05, 0.1) is 11.3 Å². The number of rotatable bonds is 8. The largest absolute Gasteiger partial charge is 0.384 e. The van der Waals surface area contributed by atoms with Gasteiger partial charge < -0.3 is 10.6 Å². The molecule has 126 valence electrons. The zero-order chi connectivity index (χ0) is 16.5. The fourth-order valence-electron chi connectivity index (χ4n) is 2.74. The van der Waals surface area contributed by atoms with Gasteiger partial charge >= 0.3 is 0 Å². The van der Waals surface area contributed by atoms with E-state index in [2.05, 4.69) is 35.5 Å². The molecule has 23 heavy (non-hydrogen) atoms. The van der Waals surface area contributed by atoms with E-state index in [1.165, 1.54) is 31.3 Å². The lowest BCUT2D eigenvalue weighted by molar-refractivity contribution is 0.0953. The molecule has 0 saturated carbocycles. The van der Waals surface area contributed by atoms with Gasteiger partial charge in [0.25, 0.3) is 5.91 Å². The first-order valence-corrected chi connectivity index (χ1v) is 8.80. The molecule has 1 aromatic rings. The van der Waals surface area contributed by atoms with Crippen molar-refractivity contribution in [3.05, 3.63) is 35.7 Å². The molecule has 0 spiro atoms. The lowest BCUT2D eigenvalue weighted by Crippen LogP contribution is -2.25. The maximum absolute atomic E-state index is 12.2. The zero-order valence-corrected chi connectivity index (χ0v) is 14.4. The van der Waals surface area contributed by atoms with Crippen molar-refractivity contribution in [2.45, 2.75) is 52.4 Å². The molecule has 0 aromatic carbocycles. The fraction of sp³-hybridized carbons (Fsp3) is 0.579. The predicted octanol–water partition coefficient (Wildman–Crippen LogP) is 4.16. The van der Waals surface area contributed by atoms with E-state index in [0.717, 1.165) is 25.1 Å². The normalized spacial score (nSPS) is 14.5. The Hall–Kier alpha value is -1.84. The first-order valence-electron chi connectivity index (χ1n) is 8.80. The van der Waals surface area contributed by atoms with Crippen LogP contribution in [0.15, 0.2) is 30.1 Å². The molecule has 1 amide bonds. The summed E-state index contributed by atoms with van der Waals surface area (Å²) in [5, 5.41) is 6.33. The number of hydrogen-bond acceptors (Lipinski definition) is 3. The Bertz CT molecular complexity index is 537. The smallest absolute Gasteiger partial charge is 0.252 e. The molecule has 0 atom stereocenters. The van der Waals surface area contributed by atoms with Crippen LogP contribution < -0.4 is 10.6 Å². The number of anilines is 1. The Balaban J connectivity index is 1.78. The zero-order valence-electron chi connectivity index (χ0n) is 14.4. The number of carbonyl (C=O) groups is 1. The molecular formula is C19H29N3O. The SMILES string of the molecule is CC(C)CCNc1cncc(C(=O)NCCC2=CCCCC2)c1. The van der Waals surface area contributed by atoms with Crippen molar-refractivity contribution < 1.29 is 4.79 Å². The summed E-state index contributed by atoms with van der Waals surface area (Å²) in [5.74, 6) is 0.623. The summed E-state index contributed by atoms with van der Waals surface area (Å²) in [6.45, 7) is 6.01. The second-order valence-electron chi connectivity index (χ2n) is 6.69. The van der Waals surface area contributed by atoms with Gasteiger partial charge in [0.2, 0.25) is 0 Å². The lowest BCUT2D eigenvalue weighted by Gasteiger charge is -2.13. The van der Waals surface area contributed by atoms with E-state index in [9.17, 15) is 4.79 Å². The number of nitrogens with one attached hydrogen (secondary N) is 2. The third-order valence-electron chi connectivity index (χ3n) is 4.17. The van der Waals surface area contributed by atoms with Crippen LogP contribution >= 0.6 is 0 Å². The third kappa shape index (κ3) is 6.43. The van der Waals surface area contributed by atoms with E-state index in [-0.39, 0.29) is 5.91 Å². The molecule has 0 radical (unpaired) electrons. The van der Waals surface area contributed by atoms with Crippen LogP contribution in [0.5, 0.6) is 0 Å². The third-order valence-corrected chi connectivity index (χ3v) is 4.17. The number of amides is 1. The number of allylic oxidation sites excluding steroid dienone is 1. The van der Waals surface area contributed by atoms with Gasteiger partial charge in [0.15, 0.2) is 0 Å². The van der Waals surface area contributed by atoms with E-state index in [1.807, 2.05) is 6.07 Å². The Morgan fingerprint density at radius 2 is 2.13 bits per heavy atom. The summed E-state index contributed by atoms with van der Waals surface area (Å²) < 4.78 is 0. The first kappa shape index (κ1) is 17.5. The van der Waals surface area contributed by atoms with Crippen LogP contribution in [0.1, 0.15) is 62.7 Å². The molecular weight excluding hydrogens is 286 g/mol. The van der Waals surface area contributed by atoms with Gasteiger partial charge in [-0.15, -0.1) is 0 Å². The molecule has 2 rings (SSSR count). The molecule has 2 N–H and O–H groups in total. The highest BCUT2D eigenvalue weighted by Crippen LogP contribution is 2.19. The Kier molecular flexibility index (Phi) is 7.11. The van der Waals surface area contributed by atoms with E-state index in [1.54, 1.807) is 12.4 Å². The molecule has 4 heteroatoms. The van der Waals surface area contributed by atoms with Crippen molar-refractivity contribution >= 4 is 11.6 Å². The summed E-state index contributed by atoms with van der Waals surface area (Å²) in [6, 6.07) is 1.88. The Labute approximate surface area is 139 Å².